The molecule has 6 heteroatoms. The lowest BCUT2D eigenvalue weighted by Gasteiger charge is -2.07. The Morgan fingerprint density at radius 3 is 2.77 bits per heavy atom. The third-order valence-electron chi connectivity index (χ3n) is 3.73. The van der Waals surface area contributed by atoms with Gasteiger partial charge in [-0.25, -0.2) is 4.98 Å². The van der Waals surface area contributed by atoms with E-state index in [0.29, 0.717) is 12.3 Å². The molecule has 1 N–H and O–H groups in total. The fourth-order valence-corrected chi connectivity index (χ4v) is 3.22. The van der Waals surface area contributed by atoms with Gasteiger partial charge in [0.05, 0.1) is 17.9 Å². The smallest absolute Gasteiger partial charge is 0.258 e. The molecule has 0 bridgehead atoms. The minimum atomic E-state index is -0.171. The van der Waals surface area contributed by atoms with Gasteiger partial charge in [0.2, 0.25) is 0 Å². The summed E-state index contributed by atoms with van der Waals surface area (Å²) in [6.45, 7) is 2.52. The summed E-state index contributed by atoms with van der Waals surface area (Å²) >= 11 is 1.51. The second-order valence-corrected chi connectivity index (χ2v) is 6.68. The molecule has 2 heterocycles. The summed E-state index contributed by atoms with van der Waals surface area (Å²) in [5.74, 6) is 0.529. The Bertz CT molecular complexity index is 832. The molecular formula is C20H21N3O2S. The highest BCUT2D eigenvalue weighted by atomic mass is 32.1. The van der Waals surface area contributed by atoms with Gasteiger partial charge in [0.25, 0.3) is 5.91 Å². The number of amides is 1. The summed E-state index contributed by atoms with van der Waals surface area (Å²) in [6, 6.07) is 13.6. The minimum absolute atomic E-state index is 0.00956. The molecule has 3 aromatic rings. The number of rotatable bonds is 8. The van der Waals surface area contributed by atoms with Gasteiger partial charge in [-0.05, 0) is 36.2 Å². The molecule has 1 amide bonds. The predicted octanol–water partition coefficient (Wildman–Crippen LogP) is 3.85. The number of hydrogen-bond acceptors (Lipinski definition) is 5. The second-order valence-electron chi connectivity index (χ2n) is 5.82. The number of aryl methyl sites for hydroxylation is 1. The first-order valence-corrected chi connectivity index (χ1v) is 9.47. The largest absolute Gasteiger partial charge is 0.484 e. The molecule has 5 nitrogen and oxygen atoms in total. The molecule has 2 aromatic heterocycles. The summed E-state index contributed by atoms with van der Waals surface area (Å²) in [7, 11) is 0. The molecule has 0 aliphatic rings. The molecular weight excluding hydrogens is 346 g/mol. The summed E-state index contributed by atoms with van der Waals surface area (Å²) in [4.78, 5) is 20.7. The maximum absolute atomic E-state index is 12.0. The Hall–Kier alpha value is -2.73. The number of aromatic nitrogens is 2. The third kappa shape index (κ3) is 5.13. The SMILES string of the molecule is CCCc1ccc(OCC(=O)NCc2csc(-c3ccccn3)n2)cc1. The van der Waals surface area contributed by atoms with Crippen molar-refractivity contribution >= 4 is 17.2 Å². The number of pyridine rings is 1. The highest BCUT2D eigenvalue weighted by Crippen LogP contribution is 2.21. The molecule has 134 valence electrons. The number of hydrogen-bond donors (Lipinski definition) is 1. The van der Waals surface area contributed by atoms with E-state index in [4.69, 9.17) is 4.74 Å². The zero-order valence-corrected chi connectivity index (χ0v) is 15.5. The number of nitrogens with one attached hydrogen (secondary N) is 1. The van der Waals surface area contributed by atoms with Crippen molar-refractivity contribution in [3.05, 3.63) is 65.3 Å². The lowest BCUT2D eigenvalue weighted by Crippen LogP contribution is -2.28. The van der Waals surface area contributed by atoms with Crippen LogP contribution in [-0.4, -0.2) is 22.5 Å². The molecule has 0 aliphatic heterocycles. The first kappa shape index (κ1) is 18.1. The van der Waals surface area contributed by atoms with Crippen molar-refractivity contribution < 1.29 is 9.53 Å². The Balaban J connectivity index is 1.45. The van der Waals surface area contributed by atoms with Gasteiger partial charge >= 0.3 is 0 Å². The maximum atomic E-state index is 12.0. The van der Waals surface area contributed by atoms with Gasteiger partial charge in [0.1, 0.15) is 10.8 Å². The fraction of sp³-hybridized carbons (Fsp3) is 0.250. The molecule has 3 rings (SSSR count). The average molecular weight is 367 g/mol. The van der Waals surface area contributed by atoms with Crippen LogP contribution in [0.15, 0.2) is 54.0 Å². The number of benzene rings is 1. The van der Waals surface area contributed by atoms with E-state index in [9.17, 15) is 4.79 Å². The monoisotopic (exact) mass is 367 g/mol. The molecule has 0 atom stereocenters. The summed E-state index contributed by atoms with van der Waals surface area (Å²) < 4.78 is 5.52. The molecule has 1 aromatic carbocycles. The Labute approximate surface area is 157 Å². The lowest BCUT2D eigenvalue weighted by atomic mass is 10.1. The first-order valence-electron chi connectivity index (χ1n) is 8.59. The van der Waals surface area contributed by atoms with E-state index in [2.05, 4.69) is 22.2 Å². The van der Waals surface area contributed by atoms with Gasteiger partial charge in [0.15, 0.2) is 6.61 Å². The summed E-state index contributed by atoms with van der Waals surface area (Å²) in [5, 5.41) is 5.60. The zero-order valence-electron chi connectivity index (χ0n) is 14.6. The minimum Gasteiger partial charge on any atom is -0.484 e. The van der Waals surface area contributed by atoms with Crippen LogP contribution in [0.25, 0.3) is 10.7 Å². The van der Waals surface area contributed by atoms with Crippen molar-refractivity contribution in [2.24, 2.45) is 0 Å². The van der Waals surface area contributed by atoms with Crippen molar-refractivity contribution in [1.82, 2.24) is 15.3 Å². The third-order valence-corrected chi connectivity index (χ3v) is 4.65. The first-order chi connectivity index (χ1) is 12.7. The quantitative estimate of drug-likeness (QED) is 0.657. The molecule has 0 saturated heterocycles. The van der Waals surface area contributed by atoms with E-state index in [-0.39, 0.29) is 12.5 Å². The van der Waals surface area contributed by atoms with Crippen LogP contribution in [0.5, 0.6) is 5.75 Å². The molecule has 26 heavy (non-hydrogen) atoms. The Morgan fingerprint density at radius 2 is 2.04 bits per heavy atom. The summed E-state index contributed by atoms with van der Waals surface area (Å²) in [6.07, 6.45) is 3.90. The molecule has 0 fully saturated rings. The average Bonchev–Trinajstić information content (AvgIpc) is 3.16. The Morgan fingerprint density at radius 1 is 1.19 bits per heavy atom. The standard InChI is InChI=1S/C20H21N3O2S/c1-2-5-15-7-9-17(10-8-15)25-13-19(24)22-12-16-14-26-20(23-16)18-6-3-4-11-21-18/h3-4,6-11,14H,2,5,12-13H2,1H3,(H,22,24). The van der Waals surface area contributed by atoms with Crippen molar-refractivity contribution in [2.75, 3.05) is 6.61 Å². The van der Waals surface area contributed by atoms with E-state index in [1.165, 1.54) is 16.9 Å². The summed E-state index contributed by atoms with van der Waals surface area (Å²) in [5.41, 5.74) is 2.93. The van der Waals surface area contributed by atoms with Gasteiger partial charge in [-0.15, -0.1) is 11.3 Å². The highest BCUT2D eigenvalue weighted by molar-refractivity contribution is 7.13. The lowest BCUT2D eigenvalue weighted by molar-refractivity contribution is -0.123. The fourth-order valence-electron chi connectivity index (χ4n) is 2.43. The van der Waals surface area contributed by atoms with Crippen LogP contribution in [-0.2, 0) is 17.8 Å². The van der Waals surface area contributed by atoms with Gasteiger partial charge < -0.3 is 10.1 Å². The normalized spacial score (nSPS) is 10.5. The topological polar surface area (TPSA) is 64.1 Å². The second kappa shape index (κ2) is 9.10. The number of nitrogens with zero attached hydrogens (tertiary/aromatic N) is 2. The van der Waals surface area contributed by atoms with Crippen molar-refractivity contribution in [1.29, 1.82) is 0 Å². The van der Waals surface area contributed by atoms with Crippen LogP contribution in [0, 0.1) is 0 Å². The number of carbonyl (C=O) groups excluding carboxylic acids is 1. The van der Waals surface area contributed by atoms with E-state index >= 15 is 0 Å². The van der Waals surface area contributed by atoms with Crippen LogP contribution in [0.4, 0.5) is 0 Å². The molecule has 0 radical (unpaired) electrons. The van der Waals surface area contributed by atoms with Crippen molar-refractivity contribution in [3.63, 3.8) is 0 Å². The van der Waals surface area contributed by atoms with E-state index in [1.54, 1.807) is 6.20 Å². The van der Waals surface area contributed by atoms with Gasteiger partial charge in [-0.1, -0.05) is 31.5 Å². The van der Waals surface area contributed by atoms with Crippen molar-refractivity contribution in [3.8, 4) is 16.5 Å². The molecule has 0 saturated carbocycles. The van der Waals surface area contributed by atoms with Crippen LogP contribution < -0.4 is 10.1 Å². The van der Waals surface area contributed by atoms with Crippen molar-refractivity contribution in [2.45, 2.75) is 26.3 Å². The highest BCUT2D eigenvalue weighted by Gasteiger charge is 2.08. The Kier molecular flexibility index (Phi) is 6.33. The van der Waals surface area contributed by atoms with Gasteiger partial charge in [0, 0.05) is 11.6 Å². The number of ether oxygens (including phenoxy) is 1. The van der Waals surface area contributed by atoms with Crippen LogP contribution in [0.1, 0.15) is 24.6 Å². The van der Waals surface area contributed by atoms with E-state index in [1.807, 2.05) is 47.8 Å². The maximum Gasteiger partial charge on any atom is 0.258 e. The van der Waals surface area contributed by atoms with Crippen LogP contribution >= 0.6 is 11.3 Å². The predicted molar refractivity (Wildman–Crippen MR) is 103 cm³/mol. The molecule has 0 unspecified atom stereocenters. The molecule has 0 spiro atoms. The number of carbonyl (C=O) groups is 1. The number of thiazole rings is 1. The van der Waals surface area contributed by atoms with E-state index in [0.717, 1.165) is 29.2 Å². The van der Waals surface area contributed by atoms with Crippen LogP contribution in [0.3, 0.4) is 0 Å². The van der Waals surface area contributed by atoms with E-state index < -0.39 is 0 Å². The van der Waals surface area contributed by atoms with Gasteiger partial charge in [-0.3, -0.25) is 9.78 Å². The zero-order chi connectivity index (χ0) is 18.2. The van der Waals surface area contributed by atoms with Crippen LogP contribution in [0.2, 0.25) is 0 Å². The molecule has 0 aliphatic carbocycles. The van der Waals surface area contributed by atoms with Gasteiger partial charge in [-0.2, -0.15) is 0 Å².